The number of nitriles is 1. The number of hydrogen-bond donors (Lipinski definition) is 1. The zero-order valence-corrected chi connectivity index (χ0v) is 12.5. The first-order valence-corrected chi connectivity index (χ1v) is 6.98. The molecule has 0 aliphatic rings. The van der Waals surface area contributed by atoms with Crippen LogP contribution in [0.5, 0.6) is 0 Å². The van der Waals surface area contributed by atoms with Crippen molar-refractivity contribution in [1.29, 1.82) is 5.26 Å². The molecule has 0 saturated carbocycles. The minimum Gasteiger partial charge on any atom is -0.370 e. The molecule has 0 saturated heterocycles. The molecule has 1 aromatic rings. The van der Waals surface area contributed by atoms with Crippen LogP contribution in [0.1, 0.15) is 38.8 Å². The summed E-state index contributed by atoms with van der Waals surface area (Å²) in [6, 6.07) is 11.0. The molecule has 1 atom stereocenters. The van der Waals surface area contributed by atoms with Gasteiger partial charge in [-0.15, -0.1) is 0 Å². The van der Waals surface area contributed by atoms with Gasteiger partial charge in [0.05, 0.1) is 12.5 Å². The van der Waals surface area contributed by atoms with E-state index in [0.717, 1.165) is 13.1 Å². The van der Waals surface area contributed by atoms with Gasteiger partial charge in [-0.25, -0.2) is 0 Å². The minimum absolute atomic E-state index is 0.313. The van der Waals surface area contributed by atoms with E-state index < -0.39 is 0 Å². The van der Waals surface area contributed by atoms with Gasteiger partial charge in [-0.1, -0.05) is 32.0 Å². The van der Waals surface area contributed by atoms with Crippen molar-refractivity contribution in [3.8, 4) is 6.07 Å². The minimum atomic E-state index is 0.313. The summed E-state index contributed by atoms with van der Waals surface area (Å²) in [4.78, 5) is 2.33. The van der Waals surface area contributed by atoms with Gasteiger partial charge in [-0.05, 0) is 31.5 Å². The van der Waals surface area contributed by atoms with Crippen molar-refractivity contribution in [3.63, 3.8) is 0 Å². The standard InChI is InChI=1S/C16H25N3/c1-13(2)12-19(11-7-10-17)16-9-6-5-8-15(16)14(3)18-4/h5-6,8-9,13-14,18H,7,11-12H2,1-4H3. The largest absolute Gasteiger partial charge is 0.370 e. The molecular formula is C16H25N3. The molecule has 1 aromatic carbocycles. The summed E-state index contributed by atoms with van der Waals surface area (Å²) >= 11 is 0. The Hall–Kier alpha value is -1.53. The molecule has 1 N–H and O–H groups in total. The van der Waals surface area contributed by atoms with E-state index >= 15 is 0 Å². The quantitative estimate of drug-likeness (QED) is 0.816. The van der Waals surface area contributed by atoms with Gasteiger partial charge in [0.1, 0.15) is 0 Å². The van der Waals surface area contributed by atoms with E-state index in [1.54, 1.807) is 0 Å². The lowest BCUT2D eigenvalue weighted by atomic mass is 10.0. The Labute approximate surface area is 117 Å². The van der Waals surface area contributed by atoms with Crippen LogP contribution in [-0.2, 0) is 0 Å². The second-order valence-corrected chi connectivity index (χ2v) is 5.32. The third kappa shape index (κ3) is 4.57. The highest BCUT2D eigenvalue weighted by molar-refractivity contribution is 5.55. The van der Waals surface area contributed by atoms with Gasteiger partial charge in [0.25, 0.3) is 0 Å². The van der Waals surface area contributed by atoms with Crippen LogP contribution in [0.4, 0.5) is 5.69 Å². The van der Waals surface area contributed by atoms with Crippen LogP contribution in [-0.4, -0.2) is 20.1 Å². The summed E-state index contributed by atoms with van der Waals surface area (Å²) in [5, 5.41) is 12.1. The summed E-state index contributed by atoms with van der Waals surface area (Å²) in [5.41, 5.74) is 2.54. The average Bonchev–Trinajstić information content (AvgIpc) is 2.42. The van der Waals surface area contributed by atoms with Gasteiger partial charge >= 0.3 is 0 Å². The van der Waals surface area contributed by atoms with Crippen molar-refractivity contribution in [2.24, 2.45) is 5.92 Å². The van der Waals surface area contributed by atoms with Gasteiger partial charge in [0.2, 0.25) is 0 Å². The monoisotopic (exact) mass is 259 g/mol. The molecule has 3 nitrogen and oxygen atoms in total. The van der Waals surface area contributed by atoms with Crippen molar-refractivity contribution < 1.29 is 0 Å². The van der Waals surface area contributed by atoms with Gasteiger partial charge in [-0.3, -0.25) is 0 Å². The molecule has 1 unspecified atom stereocenters. The first-order chi connectivity index (χ1) is 9.10. The van der Waals surface area contributed by atoms with Gasteiger partial charge < -0.3 is 10.2 Å². The van der Waals surface area contributed by atoms with Gasteiger partial charge in [-0.2, -0.15) is 5.26 Å². The second-order valence-electron chi connectivity index (χ2n) is 5.32. The zero-order chi connectivity index (χ0) is 14.3. The van der Waals surface area contributed by atoms with E-state index in [0.29, 0.717) is 18.4 Å². The van der Waals surface area contributed by atoms with Crippen molar-refractivity contribution in [3.05, 3.63) is 29.8 Å². The Morgan fingerprint density at radius 2 is 1.95 bits per heavy atom. The predicted molar refractivity (Wildman–Crippen MR) is 81.2 cm³/mol. The molecule has 19 heavy (non-hydrogen) atoms. The average molecular weight is 259 g/mol. The fourth-order valence-corrected chi connectivity index (χ4v) is 2.23. The molecule has 0 aliphatic carbocycles. The highest BCUT2D eigenvalue weighted by Crippen LogP contribution is 2.26. The number of para-hydroxylation sites is 1. The highest BCUT2D eigenvalue weighted by atomic mass is 15.1. The number of nitrogens with zero attached hydrogens (tertiary/aromatic N) is 2. The Balaban J connectivity index is 3.03. The second kappa shape index (κ2) is 7.81. The predicted octanol–water partition coefficient (Wildman–Crippen LogP) is 3.34. The van der Waals surface area contributed by atoms with Gasteiger partial charge in [0, 0.05) is 24.8 Å². The van der Waals surface area contributed by atoms with E-state index in [2.05, 4.69) is 61.3 Å². The molecule has 0 spiro atoms. The molecule has 0 aliphatic heterocycles. The van der Waals surface area contributed by atoms with Crippen molar-refractivity contribution in [2.45, 2.75) is 33.2 Å². The van der Waals surface area contributed by atoms with Crippen molar-refractivity contribution >= 4 is 5.69 Å². The molecular weight excluding hydrogens is 234 g/mol. The first kappa shape index (κ1) is 15.5. The normalized spacial score (nSPS) is 12.2. The molecule has 0 aromatic heterocycles. The summed E-state index contributed by atoms with van der Waals surface area (Å²) in [7, 11) is 1.98. The van der Waals surface area contributed by atoms with Crippen LogP contribution in [0.15, 0.2) is 24.3 Å². The van der Waals surface area contributed by atoms with Crippen LogP contribution in [0.3, 0.4) is 0 Å². The Kier molecular flexibility index (Phi) is 6.38. The van der Waals surface area contributed by atoms with Crippen molar-refractivity contribution in [1.82, 2.24) is 5.32 Å². The Morgan fingerprint density at radius 3 is 2.53 bits per heavy atom. The SMILES string of the molecule is CNC(C)c1ccccc1N(CCC#N)CC(C)C. The molecule has 0 heterocycles. The zero-order valence-electron chi connectivity index (χ0n) is 12.5. The van der Waals surface area contributed by atoms with Crippen LogP contribution in [0.2, 0.25) is 0 Å². The molecule has 3 heteroatoms. The summed E-state index contributed by atoms with van der Waals surface area (Å²) in [5.74, 6) is 0.580. The topological polar surface area (TPSA) is 39.1 Å². The number of nitrogens with one attached hydrogen (secondary N) is 1. The van der Waals surface area contributed by atoms with E-state index in [1.807, 2.05) is 7.05 Å². The van der Waals surface area contributed by atoms with Crippen LogP contribution >= 0.6 is 0 Å². The molecule has 1 rings (SSSR count). The smallest absolute Gasteiger partial charge is 0.0640 e. The lowest BCUT2D eigenvalue weighted by Crippen LogP contribution is -2.30. The number of benzene rings is 1. The summed E-state index contributed by atoms with van der Waals surface area (Å²) in [6.45, 7) is 8.36. The molecule has 0 fully saturated rings. The fraction of sp³-hybridized carbons (Fsp3) is 0.562. The van der Waals surface area contributed by atoms with Crippen LogP contribution in [0, 0.1) is 17.2 Å². The summed E-state index contributed by atoms with van der Waals surface area (Å²) < 4.78 is 0. The van der Waals surface area contributed by atoms with E-state index in [9.17, 15) is 0 Å². The maximum atomic E-state index is 8.83. The highest BCUT2D eigenvalue weighted by Gasteiger charge is 2.15. The summed E-state index contributed by atoms with van der Waals surface area (Å²) in [6.07, 6.45) is 0.564. The van der Waals surface area contributed by atoms with Crippen LogP contribution < -0.4 is 10.2 Å². The Morgan fingerprint density at radius 1 is 1.26 bits per heavy atom. The van der Waals surface area contributed by atoms with E-state index in [-0.39, 0.29) is 0 Å². The maximum absolute atomic E-state index is 8.83. The van der Waals surface area contributed by atoms with E-state index in [4.69, 9.17) is 5.26 Å². The number of anilines is 1. The third-order valence-electron chi connectivity index (χ3n) is 3.26. The fourth-order valence-electron chi connectivity index (χ4n) is 2.23. The molecule has 104 valence electrons. The lowest BCUT2D eigenvalue weighted by Gasteiger charge is -2.29. The van der Waals surface area contributed by atoms with E-state index in [1.165, 1.54) is 11.3 Å². The first-order valence-electron chi connectivity index (χ1n) is 6.98. The molecule has 0 amide bonds. The van der Waals surface area contributed by atoms with Gasteiger partial charge in [0.15, 0.2) is 0 Å². The Bertz CT molecular complexity index is 420. The number of rotatable bonds is 7. The lowest BCUT2D eigenvalue weighted by molar-refractivity contribution is 0.601. The maximum Gasteiger partial charge on any atom is 0.0640 e. The van der Waals surface area contributed by atoms with Crippen LogP contribution in [0.25, 0.3) is 0 Å². The number of hydrogen-bond acceptors (Lipinski definition) is 3. The third-order valence-corrected chi connectivity index (χ3v) is 3.26. The molecule has 0 bridgehead atoms. The van der Waals surface area contributed by atoms with Crippen molar-refractivity contribution in [2.75, 3.05) is 25.0 Å². The molecule has 0 radical (unpaired) electrons.